The van der Waals surface area contributed by atoms with Gasteiger partial charge in [-0.3, -0.25) is 4.90 Å². The maximum atomic E-state index is 5.79. The lowest BCUT2D eigenvalue weighted by molar-refractivity contribution is -0.0427. The van der Waals surface area contributed by atoms with Crippen LogP contribution in [0.2, 0.25) is 0 Å². The van der Waals surface area contributed by atoms with E-state index in [1.165, 1.54) is 5.56 Å². The summed E-state index contributed by atoms with van der Waals surface area (Å²) in [7, 11) is 4.13. The van der Waals surface area contributed by atoms with E-state index in [1.54, 1.807) is 0 Å². The van der Waals surface area contributed by atoms with Gasteiger partial charge in [0.05, 0.1) is 25.7 Å². The molecule has 0 bridgehead atoms. The van der Waals surface area contributed by atoms with Gasteiger partial charge in [0.1, 0.15) is 0 Å². The maximum Gasteiger partial charge on any atom is 0.230 e. The van der Waals surface area contributed by atoms with Gasteiger partial charge in [0, 0.05) is 19.6 Å². The van der Waals surface area contributed by atoms with Gasteiger partial charge in [0.15, 0.2) is 0 Å². The molecule has 6 heteroatoms. The number of aromatic nitrogens is 2. The summed E-state index contributed by atoms with van der Waals surface area (Å²) in [6.07, 6.45) is 0.922. The first kappa shape index (κ1) is 16.1. The zero-order chi connectivity index (χ0) is 16.1. The van der Waals surface area contributed by atoms with E-state index in [1.807, 2.05) is 18.2 Å². The fourth-order valence-corrected chi connectivity index (χ4v) is 2.83. The van der Waals surface area contributed by atoms with Crippen molar-refractivity contribution in [1.82, 2.24) is 20.0 Å². The minimum atomic E-state index is 0.241. The van der Waals surface area contributed by atoms with Gasteiger partial charge < -0.3 is 14.1 Å². The zero-order valence-electron chi connectivity index (χ0n) is 13.8. The number of hydrogen-bond donors (Lipinski definition) is 0. The Bertz CT molecular complexity index is 600. The fraction of sp³-hybridized carbons (Fsp3) is 0.529. The van der Waals surface area contributed by atoms with Crippen LogP contribution in [0.3, 0.4) is 0 Å². The highest BCUT2D eigenvalue weighted by molar-refractivity contribution is 5.17. The summed E-state index contributed by atoms with van der Waals surface area (Å²) in [5, 5.41) is 8.34. The SMILES string of the molecule is CN(C)CC1CN(Cc2nnc(Cc3ccccc3)o2)CCO1. The molecule has 1 aromatic carbocycles. The molecule has 6 nitrogen and oxygen atoms in total. The van der Waals surface area contributed by atoms with E-state index in [4.69, 9.17) is 9.15 Å². The number of nitrogens with zero attached hydrogens (tertiary/aromatic N) is 4. The maximum absolute atomic E-state index is 5.79. The molecular weight excluding hydrogens is 292 g/mol. The normalized spacial score (nSPS) is 19.3. The molecule has 0 spiro atoms. The lowest BCUT2D eigenvalue weighted by atomic mass is 10.2. The second kappa shape index (κ2) is 7.68. The Hall–Kier alpha value is -1.76. The zero-order valence-corrected chi connectivity index (χ0v) is 13.8. The molecule has 3 rings (SSSR count). The molecule has 2 aromatic rings. The molecule has 1 aliphatic heterocycles. The largest absolute Gasteiger partial charge is 0.424 e. The second-order valence-corrected chi connectivity index (χ2v) is 6.24. The van der Waals surface area contributed by atoms with E-state index in [0.717, 1.165) is 26.2 Å². The highest BCUT2D eigenvalue weighted by Gasteiger charge is 2.22. The van der Waals surface area contributed by atoms with Gasteiger partial charge in [-0.15, -0.1) is 10.2 Å². The number of benzene rings is 1. The van der Waals surface area contributed by atoms with Gasteiger partial charge in [-0.25, -0.2) is 0 Å². The monoisotopic (exact) mass is 316 g/mol. The Labute approximate surface area is 137 Å². The van der Waals surface area contributed by atoms with Gasteiger partial charge in [-0.05, 0) is 19.7 Å². The quantitative estimate of drug-likeness (QED) is 0.803. The summed E-state index contributed by atoms with van der Waals surface area (Å²) < 4.78 is 11.6. The molecule has 0 aliphatic carbocycles. The Kier molecular flexibility index (Phi) is 5.38. The van der Waals surface area contributed by atoms with Crippen LogP contribution in [0.1, 0.15) is 17.3 Å². The van der Waals surface area contributed by atoms with Crippen molar-refractivity contribution in [3.63, 3.8) is 0 Å². The van der Waals surface area contributed by atoms with Gasteiger partial charge in [-0.1, -0.05) is 30.3 Å². The molecule has 1 unspecified atom stereocenters. The van der Waals surface area contributed by atoms with E-state index in [9.17, 15) is 0 Å². The lowest BCUT2D eigenvalue weighted by Crippen LogP contribution is -2.46. The number of likely N-dealkylation sites (N-methyl/N-ethyl adjacent to an activating group) is 1. The summed E-state index contributed by atoms with van der Waals surface area (Å²) in [4.78, 5) is 4.47. The summed E-state index contributed by atoms with van der Waals surface area (Å²) in [6, 6.07) is 10.2. The molecular formula is C17H24N4O2. The van der Waals surface area contributed by atoms with Crippen molar-refractivity contribution in [3.05, 3.63) is 47.7 Å². The molecule has 1 fully saturated rings. The highest BCUT2D eigenvalue weighted by atomic mass is 16.5. The number of rotatable bonds is 6. The molecule has 124 valence electrons. The molecule has 2 heterocycles. The molecule has 23 heavy (non-hydrogen) atoms. The van der Waals surface area contributed by atoms with Gasteiger partial charge in [0.25, 0.3) is 0 Å². The van der Waals surface area contributed by atoms with Crippen LogP contribution in [0.5, 0.6) is 0 Å². The molecule has 0 radical (unpaired) electrons. The van der Waals surface area contributed by atoms with Crippen LogP contribution in [0, 0.1) is 0 Å². The Morgan fingerprint density at radius 2 is 1.96 bits per heavy atom. The molecule has 1 atom stereocenters. The van der Waals surface area contributed by atoms with Crippen molar-refractivity contribution in [1.29, 1.82) is 0 Å². The second-order valence-electron chi connectivity index (χ2n) is 6.24. The fourth-order valence-electron chi connectivity index (χ4n) is 2.83. The third kappa shape index (κ3) is 4.86. The van der Waals surface area contributed by atoms with Crippen LogP contribution in [0.25, 0.3) is 0 Å². The van der Waals surface area contributed by atoms with E-state index >= 15 is 0 Å². The Balaban J connectivity index is 1.54. The highest BCUT2D eigenvalue weighted by Crippen LogP contribution is 2.12. The van der Waals surface area contributed by atoms with Crippen molar-refractivity contribution in [2.45, 2.75) is 19.1 Å². The molecule has 1 aliphatic rings. The van der Waals surface area contributed by atoms with Crippen molar-refractivity contribution in [2.75, 3.05) is 40.3 Å². The van der Waals surface area contributed by atoms with Gasteiger partial charge in [0.2, 0.25) is 11.8 Å². The van der Waals surface area contributed by atoms with Crippen LogP contribution >= 0.6 is 0 Å². The topological polar surface area (TPSA) is 54.6 Å². The average Bonchev–Trinajstić information content (AvgIpc) is 2.95. The van der Waals surface area contributed by atoms with E-state index in [-0.39, 0.29) is 6.10 Å². The van der Waals surface area contributed by atoms with Gasteiger partial charge in [-0.2, -0.15) is 0 Å². The van der Waals surface area contributed by atoms with E-state index in [0.29, 0.717) is 24.7 Å². The summed E-state index contributed by atoms with van der Waals surface area (Å²) in [5.41, 5.74) is 1.18. The molecule has 1 saturated heterocycles. The average molecular weight is 316 g/mol. The van der Waals surface area contributed by atoms with Crippen LogP contribution < -0.4 is 0 Å². The smallest absolute Gasteiger partial charge is 0.230 e. The number of morpholine rings is 1. The molecule has 0 amide bonds. The molecule has 1 aromatic heterocycles. The lowest BCUT2D eigenvalue weighted by Gasteiger charge is -2.33. The van der Waals surface area contributed by atoms with Crippen LogP contribution in [0.15, 0.2) is 34.7 Å². The van der Waals surface area contributed by atoms with E-state index < -0.39 is 0 Å². The van der Waals surface area contributed by atoms with Crippen molar-refractivity contribution in [2.24, 2.45) is 0 Å². The summed E-state index contributed by atoms with van der Waals surface area (Å²) in [5.74, 6) is 1.35. The van der Waals surface area contributed by atoms with Gasteiger partial charge >= 0.3 is 0 Å². The first-order valence-corrected chi connectivity index (χ1v) is 8.03. The van der Waals surface area contributed by atoms with Crippen LogP contribution in [0.4, 0.5) is 0 Å². The summed E-state index contributed by atoms with van der Waals surface area (Å²) >= 11 is 0. The third-order valence-electron chi connectivity index (χ3n) is 3.86. The first-order valence-electron chi connectivity index (χ1n) is 8.03. The van der Waals surface area contributed by atoms with Crippen molar-refractivity contribution >= 4 is 0 Å². The molecule has 0 N–H and O–H groups in total. The van der Waals surface area contributed by atoms with Crippen LogP contribution in [-0.2, 0) is 17.7 Å². The minimum Gasteiger partial charge on any atom is -0.424 e. The van der Waals surface area contributed by atoms with Crippen LogP contribution in [-0.4, -0.2) is 66.4 Å². The van der Waals surface area contributed by atoms with Crippen molar-refractivity contribution in [3.8, 4) is 0 Å². The minimum absolute atomic E-state index is 0.241. The number of hydrogen-bond acceptors (Lipinski definition) is 6. The van der Waals surface area contributed by atoms with Crippen molar-refractivity contribution < 1.29 is 9.15 Å². The predicted octanol–water partition coefficient (Wildman–Crippen LogP) is 1.42. The Morgan fingerprint density at radius 1 is 1.17 bits per heavy atom. The summed E-state index contributed by atoms with van der Waals surface area (Å²) in [6.45, 7) is 4.17. The first-order chi connectivity index (χ1) is 11.2. The van der Waals surface area contributed by atoms with E-state index in [2.05, 4.69) is 46.2 Å². The Morgan fingerprint density at radius 3 is 2.74 bits per heavy atom. The standard InChI is InChI=1S/C17H24N4O2/c1-20(2)11-15-12-21(8-9-22-15)13-17-19-18-16(23-17)10-14-6-4-3-5-7-14/h3-7,15H,8-13H2,1-2H3. The number of ether oxygens (including phenoxy) is 1. The third-order valence-corrected chi connectivity index (χ3v) is 3.86. The molecule has 0 saturated carbocycles. The predicted molar refractivity (Wildman–Crippen MR) is 87.1 cm³/mol.